The third-order valence-electron chi connectivity index (χ3n) is 3.78. The highest BCUT2D eigenvalue weighted by Crippen LogP contribution is 2.30. The van der Waals surface area contributed by atoms with Crippen molar-refractivity contribution in [3.63, 3.8) is 0 Å². The van der Waals surface area contributed by atoms with E-state index in [1.807, 2.05) is 42.5 Å². The molecule has 0 saturated heterocycles. The van der Waals surface area contributed by atoms with Crippen LogP contribution in [0, 0.1) is 0 Å². The van der Waals surface area contributed by atoms with E-state index in [0.717, 1.165) is 21.9 Å². The van der Waals surface area contributed by atoms with Crippen molar-refractivity contribution in [3.8, 4) is 0 Å². The molecule has 0 N–H and O–H groups in total. The topological polar surface area (TPSA) is 17.1 Å². The third kappa shape index (κ3) is 3.01. The van der Waals surface area contributed by atoms with Gasteiger partial charge in [-0.1, -0.05) is 72.8 Å². The summed E-state index contributed by atoms with van der Waals surface area (Å²) in [6, 6.07) is 24.4. The predicted octanol–water partition coefficient (Wildman–Crippen LogP) is 4.62. The van der Waals surface area contributed by atoms with Gasteiger partial charge in [-0.3, -0.25) is 4.79 Å². The van der Waals surface area contributed by atoms with E-state index < -0.39 is 0 Å². The molecule has 0 heterocycles. The SMILES string of the molecule is O=C(S)C(Cc1ccccc1)c1cccc2ccccc12. The molecule has 1 unspecified atom stereocenters. The minimum absolute atomic E-state index is 0.0878. The first-order valence-corrected chi connectivity index (χ1v) is 7.45. The summed E-state index contributed by atoms with van der Waals surface area (Å²) in [5.41, 5.74) is 2.20. The quantitative estimate of drug-likeness (QED) is 0.694. The molecule has 0 aliphatic heterocycles. The number of rotatable bonds is 4. The first-order valence-electron chi connectivity index (χ1n) is 7.00. The summed E-state index contributed by atoms with van der Waals surface area (Å²) in [4.78, 5) is 12.1. The molecule has 0 fully saturated rings. The molecule has 0 aromatic heterocycles. The van der Waals surface area contributed by atoms with Crippen molar-refractivity contribution in [2.75, 3.05) is 0 Å². The first kappa shape index (κ1) is 13.9. The Morgan fingerprint density at radius 1 is 0.857 bits per heavy atom. The van der Waals surface area contributed by atoms with E-state index in [-0.39, 0.29) is 11.0 Å². The van der Waals surface area contributed by atoms with Gasteiger partial charge in [0.15, 0.2) is 5.12 Å². The second kappa shape index (κ2) is 6.15. The Morgan fingerprint density at radius 2 is 1.52 bits per heavy atom. The van der Waals surface area contributed by atoms with Gasteiger partial charge >= 0.3 is 0 Å². The fraction of sp³-hybridized carbons (Fsp3) is 0.105. The molecule has 104 valence electrons. The van der Waals surface area contributed by atoms with E-state index >= 15 is 0 Å². The van der Waals surface area contributed by atoms with Crippen molar-refractivity contribution in [3.05, 3.63) is 83.9 Å². The zero-order valence-electron chi connectivity index (χ0n) is 11.6. The molecule has 0 radical (unpaired) electrons. The molecule has 3 rings (SSSR count). The summed E-state index contributed by atoms with van der Waals surface area (Å²) in [5.74, 6) is -0.221. The van der Waals surface area contributed by atoms with Crippen LogP contribution in [0.1, 0.15) is 17.0 Å². The van der Waals surface area contributed by atoms with Gasteiger partial charge in [0.2, 0.25) is 0 Å². The van der Waals surface area contributed by atoms with Crippen LogP contribution in [0.3, 0.4) is 0 Å². The first-order chi connectivity index (χ1) is 10.3. The largest absolute Gasteiger partial charge is 0.287 e. The average molecular weight is 292 g/mol. The number of hydrogen-bond acceptors (Lipinski definition) is 1. The minimum Gasteiger partial charge on any atom is -0.287 e. The Kier molecular flexibility index (Phi) is 4.07. The van der Waals surface area contributed by atoms with E-state index in [9.17, 15) is 4.79 Å². The van der Waals surface area contributed by atoms with Gasteiger partial charge in [0.05, 0.1) is 5.92 Å². The van der Waals surface area contributed by atoms with Gasteiger partial charge in [-0.2, -0.15) is 0 Å². The Balaban J connectivity index is 2.06. The number of fused-ring (bicyclic) bond motifs is 1. The molecule has 21 heavy (non-hydrogen) atoms. The fourth-order valence-electron chi connectivity index (χ4n) is 2.73. The summed E-state index contributed by atoms with van der Waals surface area (Å²) in [7, 11) is 0. The highest BCUT2D eigenvalue weighted by Gasteiger charge is 2.20. The van der Waals surface area contributed by atoms with Crippen LogP contribution in [0.2, 0.25) is 0 Å². The van der Waals surface area contributed by atoms with Crippen LogP contribution in [0.4, 0.5) is 0 Å². The van der Waals surface area contributed by atoms with Crippen molar-refractivity contribution >= 4 is 28.5 Å². The summed E-state index contributed by atoms with van der Waals surface area (Å²) in [6.07, 6.45) is 0.678. The normalized spacial score (nSPS) is 12.2. The standard InChI is InChI=1S/C19H16OS/c20-19(21)18(13-14-7-2-1-3-8-14)17-12-6-10-15-9-4-5-11-16(15)17/h1-12,18H,13H2,(H,20,21). The molecule has 0 spiro atoms. The van der Waals surface area contributed by atoms with Crippen LogP contribution >= 0.6 is 12.6 Å². The number of carbonyl (C=O) groups is 1. The highest BCUT2D eigenvalue weighted by molar-refractivity contribution is 7.96. The molecular formula is C19H16OS. The van der Waals surface area contributed by atoms with Crippen LogP contribution in [0.5, 0.6) is 0 Å². The molecule has 3 aromatic carbocycles. The van der Waals surface area contributed by atoms with Crippen molar-refractivity contribution in [2.24, 2.45) is 0 Å². The molecule has 3 aromatic rings. The number of thiol groups is 1. The molecule has 2 heteroatoms. The van der Waals surface area contributed by atoms with Crippen LogP contribution in [0.15, 0.2) is 72.8 Å². The van der Waals surface area contributed by atoms with Crippen molar-refractivity contribution in [2.45, 2.75) is 12.3 Å². The summed E-state index contributed by atoms with van der Waals surface area (Å²) >= 11 is 4.12. The lowest BCUT2D eigenvalue weighted by Crippen LogP contribution is -2.10. The van der Waals surface area contributed by atoms with Crippen molar-refractivity contribution in [1.29, 1.82) is 0 Å². The van der Waals surface area contributed by atoms with E-state index in [2.05, 4.69) is 43.0 Å². The monoisotopic (exact) mass is 292 g/mol. The molecule has 0 bridgehead atoms. The third-order valence-corrected chi connectivity index (χ3v) is 4.09. The van der Waals surface area contributed by atoms with Crippen LogP contribution < -0.4 is 0 Å². The zero-order valence-corrected chi connectivity index (χ0v) is 12.5. The van der Waals surface area contributed by atoms with Gasteiger partial charge in [0, 0.05) is 0 Å². The number of carbonyl (C=O) groups excluding carboxylic acids is 1. The van der Waals surface area contributed by atoms with Gasteiger partial charge in [-0.05, 0) is 28.3 Å². The van der Waals surface area contributed by atoms with Gasteiger partial charge in [-0.15, -0.1) is 12.6 Å². The highest BCUT2D eigenvalue weighted by atomic mass is 32.1. The smallest absolute Gasteiger partial charge is 0.193 e. The van der Waals surface area contributed by atoms with Crippen LogP contribution in [-0.4, -0.2) is 5.12 Å². The van der Waals surface area contributed by atoms with Crippen molar-refractivity contribution in [1.82, 2.24) is 0 Å². The molecule has 0 aliphatic rings. The Bertz CT molecular complexity index is 759. The maximum atomic E-state index is 12.1. The number of benzene rings is 3. The van der Waals surface area contributed by atoms with Crippen LogP contribution in [-0.2, 0) is 11.2 Å². The number of hydrogen-bond donors (Lipinski definition) is 1. The summed E-state index contributed by atoms with van der Waals surface area (Å²) < 4.78 is 0. The molecule has 0 amide bonds. The average Bonchev–Trinajstić information content (AvgIpc) is 2.53. The lowest BCUT2D eigenvalue weighted by Gasteiger charge is -2.16. The lowest BCUT2D eigenvalue weighted by atomic mass is 9.89. The van der Waals surface area contributed by atoms with Gasteiger partial charge < -0.3 is 0 Å². The maximum Gasteiger partial charge on any atom is 0.193 e. The van der Waals surface area contributed by atoms with Crippen molar-refractivity contribution < 1.29 is 4.79 Å². The molecular weight excluding hydrogens is 276 g/mol. The second-order valence-electron chi connectivity index (χ2n) is 5.15. The summed E-state index contributed by atoms with van der Waals surface area (Å²) in [5, 5.41) is 2.20. The molecule has 0 aliphatic carbocycles. The van der Waals surface area contributed by atoms with Gasteiger partial charge in [-0.25, -0.2) is 0 Å². The Labute approximate surface area is 130 Å². The molecule has 1 atom stereocenters. The van der Waals surface area contributed by atoms with Gasteiger partial charge in [0.1, 0.15) is 0 Å². The van der Waals surface area contributed by atoms with E-state index in [4.69, 9.17) is 0 Å². The molecule has 1 nitrogen and oxygen atoms in total. The van der Waals surface area contributed by atoms with E-state index in [1.165, 1.54) is 0 Å². The predicted molar refractivity (Wildman–Crippen MR) is 90.8 cm³/mol. The Hall–Kier alpha value is -2.06. The fourth-order valence-corrected chi connectivity index (χ4v) is 2.96. The lowest BCUT2D eigenvalue weighted by molar-refractivity contribution is -0.112. The maximum absolute atomic E-state index is 12.1. The van der Waals surface area contributed by atoms with E-state index in [1.54, 1.807) is 0 Å². The van der Waals surface area contributed by atoms with Gasteiger partial charge in [0.25, 0.3) is 0 Å². The Morgan fingerprint density at radius 3 is 2.29 bits per heavy atom. The van der Waals surface area contributed by atoms with E-state index in [0.29, 0.717) is 6.42 Å². The molecule has 0 saturated carbocycles. The van der Waals surface area contributed by atoms with Crippen LogP contribution in [0.25, 0.3) is 10.8 Å². The zero-order chi connectivity index (χ0) is 14.7. The second-order valence-corrected chi connectivity index (χ2v) is 5.59. The summed E-state index contributed by atoms with van der Waals surface area (Å²) in [6.45, 7) is 0. The minimum atomic E-state index is -0.221.